The van der Waals surface area contributed by atoms with Crippen molar-refractivity contribution in [3.8, 4) is 0 Å². The van der Waals surface area contributed by atoms with Crippen LogP contribution in [0.3, 0.4) is 0 Å². The topological polar surface area (TPSA) is 40.5 Å². The van der Waals surface area contributed by atoms with E-state index in [1.807, 2.05) is 11.8 Å². The fourth-order valence-electron chi connectivity index (χ4n) is 2.13. The lowest BCUT2D eigenvalue weighted by Gasteiger charge is -2.38. The molecule has 1 rings (SSSR count). The second-order valence-corrected chi connectivity index (χ2v) is 6.89. The summed E-state index contributed by atoms with van der Waals surface area (Å²) < 4.78 is 0. The Morgan fingerprint density at radius 3 is 2.53 bits per heavy atom. The highest BCUT2D eigenvalue weighted by Gasteiger charge is 2.32. The molecule has 1 amide bonds. The van der Waals surface area contributed by atoms with E-state index in [-0.39, 0.29) is 11.3 Å². The SMILES string of the molecule is CC(CC(=O)N1CCCC(C)(O)C1)C(C)(C)C. The van der Waals surface area contributed by atoms with Gasteiger partial charge in [0.25, 0.3) is 0 Å². The maximum Gasteiger partial charge on any atom is 0.222 e. The minimum atomic E-state index is -0.696. The third kappa shape index (κ3) is 4.30. The van der Waals surface area contributed by atoms with E-state index >= 15 is 0 Å². The number of rotatable bonds is 2. The highest BCUT2D eigenvalue weighted by atomic mass is 16.3. The molecule has 1 aliphatic rings. The van der Waals surface area contributed by atoms with Crippen LogP contribution in [-0.4, -0.2) is 34.6 Å². The van der Waals surface area contributed by atoms with E-state index in [1.165, 1.54) is 0 Å². The van der Waals surface area contributed by atoms with E-state index < -0.39 is 5.60 Å². The monoisotopic (exact) mass is 241 g/mol. The molecule has 1 fully saturated rings. The Labute approximate surface area is 105 Å². The van der Waals surface area contributed by atoms with Gasteiger partial charge in [0.1, 0.15) is 0 Å². The van der Waals surface area contributed by atoms with Crippen LogP contribution in [0.25, 0.3) is 0 Å². The predicted molar refractivity (Wildman–Crippen MR) is 69.7 cm³/mol. The van der Waals surface area contributed by atoms with Crippen LogP contribution in [0.2, 0.25) is 0 Å². The highest BCUT2D eigenvalue weighted by molar-refractivity contribution is 5.76. The van der Waals surface area contributed by atoms with Crippen molar-refractivity contribution in [3.05, 3.63) is 0 Å². The summed E-state index contributed by atoms with van der Waals surface area (Å²) in [4.78, 5) is 14.0. The van der Waals surface area contributed by atoms with E-state index in [1.54, 1.807) is 0 Å². The summed E-state index contributed by atoms with van der Waals surface area (Å²) in [7, 11) is 0. The number of piperidine rings is 1. The van der Waals surface area contributed by atoms with Crippen molar-refractivity contribution in [1.82, 2.24) is 4.90 Å². The van der Waals surface area contributed by atoms with Gasteiger partial charge in [-0.15, -0.1) is 0 Å². The van der Waals surface area contributed by atoms with Gasteiger partial charge in [-0.1, -0.05) is 27.7 Å². The molecule has 0 aromatic rings. The zero-order valence-electron chi connectivity index (χ0n) is 11.9. The van der Waals surface area contributed by atoms with Crippen molar-refractivity contribution in [3.63, 3.8) is 0 Å². The molecule has 1 heterocycles. The zero-order valence-corrected chi connectivity index (χ0v) is 11.9. The van der Waals surface area contributed by atoms with E-state index in [0.717, 1.165) is 19.4 Å². The van der Waals surface area contributed by atoms with Crippen molar-refractivity contribution in [2.45, 2.75) is 59.5 Å². The van der Waals surface area contributed by atoms with E-state index in [2.05, 4.69) is 27.7 Å². The number of nitrogens with zero attached hydrogens (tertiary/aromatic N) is 1. The number of hydrogen-bond acceptors (Lipinski definition) is 2. The van der Waals surface area contributed by atoms with Crippen molar-refractivity contribution in [2.24, 2.45) is 11.3 Å². The highest BCUT2D eigenvalue weighted by Crippen LogP contribution is 2.29. The van der Waals surface area contributed by atoms with Gasteiger partial charge in [-0.25, -0.2) is 0 Å². The molecule has 0 bridgehead atoms. The number of likely N-dealkylation sites (tertiary alicyclic amines) is 1. The van der Waals surface area contributed by atoms with Crippen LogP contribution in [0, 0.1) is 11.3 Å². The molecule has 0 saturated carbocycles. The number of aliphatic hydroxyl groups is 1. The number of hydrogen-bond donors (Lipinski definition) is 1. The van der Waals surface area contributed by atoms with Gasteiger partial charge in [-0.3, -0.25) is 4.79 Å². The fraction of sp³-hybridized carbons (Fsp3) is 0.929. The van der Waals surface area contributed by atoms with Gasteiger partial charge in [-0.05, 0) is 31.1 Å². The van der Waals surface area contributed by atoms with Crippen LogP contribution >= 0.6 is 0 Å². The molecule has 100 valence electrons. The molecule has 0 spiro atoms. The van der Waals surface area contributed by atoms with Crippen molar-refractivity contribution in [1.29, 1.82) is 0 Å². The smallest absolute Gasteiger partial charge is 0.222 e. The first-order valence-corrected chi connectivity index (χ1v) is 6.62. The van der Waals surface area contributed by atoms with Crippen LogP contribution in [0.1, 0.15) is 53.9 Å². The van der Waals surface area contributed by atoms with Gasteiger partial charge < -0.3 is 10.0 Å². The maximum atomic E-state index is 12.2. The summed E-state index contributed by atoms with van der Waals surface area (Å²) in [5.41, 5.74) is -0.535. The van der Waals surface area contributed by atoms with Crippen LogP contribution in [0.15, 0.2) is 0 Å². The molecule has 1 saturated heterocycles. The summed E-state index contributed by atoms with van der Waals surface area (Å²) in [6, 6.07) is 0. The van der Waals surface area contributed by atoms with Crippen LogP contribution in [0.4, 0.5) is 0 Å². The summed E-state index contributed by atoms with van der Waals surface area (Å²) in [6.07, 6.45) is 2.29. The fourth-order valence-corrected chi connectivity index (χ4v) is 2.13. The predicted octanol–water partition coefficient (Wildman–Crippen LogP) is 2.43. The molecule has 0 aliphatic carbocycles. The summed E-state index contributed by atoms with van der Waals surface area (Å²) in [5.74, 6) is 0.550. The molecule has 0 aromatic heterocycles. The average molecular weight is 241 g/mol. The molecule has 2 unspecified atom stereocenters. The molecule has 17 heavy (non-hydrogen) atoms. The molecule has 1 aliphatic heterocycles. The maximum absolute atomic E-state index is 12.2. The summed E-state index contributed by atoms with van der Waals surface area (Å²) >= 11 is 0. The van der Waals surface area contributed by atoms with Crippen molar-refractivity contribution in [2.75, 3.05) is 13.1 Å². The van der Waals surface area contributed by atoms with Gasteiger partial charge >= 0.3 is 0 Å². The lowest BCUT2D eigenvalue weighted by atomic mass is 9.80. The lowest BCUT2D eigenvalue weighted by molar-refractivity contribution is -0.139. The Hall–Kier alpha value is -0.570. The summed E-state index contributed by atoms with van der Waals surface area (Å²) in [5, 5.41) is 9.99. The molecular formula is C14H27NO2. The first-order valence-electron chi connectivity index (χ1n) is 6.62. The van der Waals surface area contributed by atoms with E-state index in [4.69, 9.17) is 0 Å². The Morgan fingerprint density at radius 1 is 1.47 bits per heavy atom. The van der Waals surface area contributed by atoms with E-state index in [0.29, 0.717) is 18.9 Å². The number of carbonyl (C=O) groups excluding carboxylic acids is 1. The quantitative estimate of drug-likeness (QED) is 0.806. The molecule has 0 aromatic carbocycles. The Kier molecular flexibility index (Phi) is 4.23. The van der Waals surface area contributed by atoms with Gasteiger partial charge in [-0.2, -0.15) is 0 Å². The molecule has 2 atom stereocenters. The van der Waals surface area contributed by atoms with Gasteiger partial charge in [0.05, 0.1) is 5.60 Å². The average Bonchev–Trinajstić information content (AvgIpc) is 2.14. The van der Waals surface area contributed by atoms with Gasteiger partial charge in [0, 0.05) is 19.5 Å². The normalized spacial score (nSPS) is 28.0. The lowest BCUT2D eigenvalue weighted by Crippen LogP contribution is -2.49. The minimum Gasteiger partial charge on any atom is -0.388 e. The number of β-amino-alcohol motifs (C(OH)–C–C–N with tert-alkyl or cyclic N) is 1. The van der Waals surface area contributed by atoms with Crippen molar-refractivity contribution < 1.29 is 9.90 Å². The second-order valence-electron chi connectivity index (χ2n) is 6.89. The zero-order chi connectivity index (χ0) is 13.3. The van der Waals surface area contributed by atoms with Gasteiger partial charge in [0.15, 0.2) is 0 Å². The van der Waals surface area contributed by atoms with Gasteiger partial charge in [0.2, 0.25) is 5.91 Å². The first-order chi connectivity index (χ1) is 7.62. The molecule has 3 nitrogen and oxygen atoms in total. The number of carbonyl (C=O) groups is 1. The Bertz CT molecular complexity index is 278. The van der Waals surface area contributed by atoms with Crippen LogP contribution < -0.4 is 0 Å². The largest absolute Gasteiger partial charge is 0.388 e. The molecular weight excluding hydrogens is 214 g/mol. The Morgan fingerprint density at radius 2 is 2.06 bits per heavy atom. The van der Waals surface area contributed by atoms with E-state index in [9.17, 15) is 9.90 Å². The third-order valence-corrected chi connectivity index (χ3v) is 3.99. The Balaban J connectivity index is 2.53. The minimum absolute atomic E-state index is 0.161. The van der Waals surface area contributed by atoms with Crippen LogP contribution in [-0.2, 0) is 4.79 Å². The summed E-state index contributed by atoms with van der Waals surface area (Å²) in [6.45, 7) is 11.7. The molecule has 0 radical (unpaired) electrons. The first kappa shape index (κ1) is 14.5. The standard InChI is InChI=1S/C14H27NO2/c1-11(13(2,3)4)9-12(16)15-8-6-7-14(5,17)10-15/h11,17H,6-10H2,1-5H3. The second kappa shape index (κ2) is 4.97. The molecule has 1 N–H and O–H groups in total. The van der Waals surface area contributed by atoms with Crippen molar-refractivity contribution >= 4 is 5.91 Å². The number of amides is 1. The molecule has 3 heteroatoms. The third-order valence-electron chi connectivity index (χ3n) is 3.99. The van der Waals surface area contributed by atoms with Crippen LogP contribution in [0.5, 0.6) is 0 Å².